The third kappa shape index (κ3) is 1.90. The molecule has 6 heteroatoms. The minimum atomic E-state index is -0.522. The van der Waals surface area contributed by atoms with Gasteiger partial charge in [-0.2, -0.15) is 0 Å². The van der Waals surface area contributed by atoms with E-state index in [0.29, 0.717) is 0 Å². The molecule has 0 aromatic heterocycles. The second kappa shape index (κ2) is 5.03. The van der Waals surface area contributed by atoms with Gasteiger partial charge in [0.1, 0.15) is 11.4 Å². The maximum absolute atomic E-state index is 11.1. The Hall–Kier alpha value is -2.11. The van der Waals surface area contributed by atoms with E-state index >= 15 is 0 Å². The number of hydrogen-bond acceptors (Lipinski definition) is 6. The summed E-state index contributed by atoms with van der Waals surface area (Å²) in [5.74, 6) is 0.737. The SMILES string of the molecule is CCc1cccc(N2N=NN(C)C2C=O)c1OC. The van der Waals surface area contributed by atoms with E-state index in [1.54, 1.807) is 19.2 Å². The number of carbonyl (C=O) groups excluding carboxylic acids is 1. The molecular formula is C12H16N4O2. The highest BCUT2D eigenvalue weighted by atomic mass is 16.5. The molecule has 2 rings (SSSR count). The van der Waals surface area contributed by atoms with Crippen LogP contribution in [0.3, 0.4) is 0 Å². The van der Waals surface area contributed by atoms with Gasteiger partial charge in [0.15, 0.2) is 12.5 Å². The highest BCUT2D eigenvalue weighted by Gasteiger charge is 2.30. The van der Waals surface area contributed by atoms with Crippen molar-refractivity contribution in [2.24, 2.45) is 10.4 Å². The molecule has 1 aromatic carbocycles. The fourth-order valence-corrected chi connectivity index (χ4v) is 1.97. The molecule has 0 fully saturated rings. The van der Waals surface area contributed by atoms with Crippen molar-refractivity contribution in [2.75, 3.05) is 19.2 Å². The minimum absolute atomic E-state index is 0.522. The number of likely N-dealkylation sites (N-methyl/N-ethyl adjacent to an activating group) is 1. The molecule has 0 spiro atoms. The Morgan fingerprint density at radius 3 is 2.83 bits per heavy atom. The second-order valence-corrected chi connectivity index (χ2v) is 3.97. The van der Waals surface area contributed by atoms with Crippen LogP contribution in [-0.4, -0.2) is 31.6 Å². The molecule has 1 aliphatic rings. The summed E-state index contributed by atoms with van der Waals surface area (Å²) in [6.07, 6.45) is 1.13. The van der Waals surface area contributed by atoms with Gasteiger partial charge in [-0.25, -0.2) is 10.0 Å². The lowest BCUT2D eigenvalue weighted by Crippen LogP contribution is -2.37. The van der Waals surface area contributed by atoms with Crippen molar-refractivity contribution in [1.82, 2.24) is 5.01 Å². The molecule has 0 N–H and O–H groups in total. The first-order chi connectivity index (χ1) is 8.72. The summed E-state index contributed by atoms with van der Waals surface area (Å²) in [4.78, 5) is 11.1. The Morgan fingerprint density at radius 2 is 2.22 bits per heavy atom. The van der Waals surface area contributed by atoms with Gasteiger partial charge < -0.3 is 4.74 Å². The van der Waals surface area contributed by atoms with Gasteiger partial charge in [0.2, 0.25) is 0 Å². The van der Waals surface area contributed by atoms with E-state index in [9.17, 15) is 4.79 Å². The van der Waals surface area contributed by atoms with Crippen molar-refractivity contribution in [3.05, 3.63) is 23.8 Å². The molecule has 6 nitrogen and oxygen atoms in total. The molecular weight excluding hydrogens is 232 g/mol. The highest BCUT2D eigenvalue weighted by Crippen LogP contribution is 2.35. The number of aryl methyl sites for hydroxylation is 1. The molecule has 0 bridgehead atoms. The normalized spacial score (nSPS) is 18.3. The zero-order chi connectivity index (χ0) is 13.1. The van der Waals surface area contributed by atoms with Crippen LogP contribution in [0.2, 0.25) is 0 Å². The number of hydrogen-bond donors (Lipinski definition) is 0. The Balaban J connectivity index is 2.45. The van der Waals surface area contributed by atoms with Gasteiger partial charge in [0.25, 0.3) is 0 Å². The van der Waals surface area contributed by atoms with Gasteiger partial charge in [-0.3, -0.25) is 4.79 Å². The van der Waals surface area contributed by atoms with E-state index in [-0.39, 0.29) is 0 Å². The summed E-state index contributed by atoms with van der Waals surface area (Å²) in [7, 11) is 3.32. The number of ether oxygens (including phenoxy) is 1. The fourth-order valence-electron chi connectivity index (χ4n) is 1.97. The van der Waals surface area contributed by atoms with E-state index in [1.807, 2.05) is 18.2 Å². The predicted octanol–water partition coefficient (Wildman–Crippen LogP) is 1.82. The molecule has 1 aliphatic heterocycles. The quantitative estimate of drug-likeness (QED) is 0.763. The second-order valence-electron chi connectivity index (χ2n) is 3.97. The molecule has 0 radical (unpaired) electrons. The van der Waals surface area contributed by atoms with Gasteiger partial charge in [0.05, 0.1) is 7.11 Å². The molecule has 1 atom stereocenters. The molecule has 0 saturated heterocycles. The van der Waals surface area contributed by atoms with Crippen molar-refractivity contribution in [3.63, 3.8) is 0 Å². The summed E-state index contributed by atoms with van der Waals surface area (Å²) in [5, 5.41) is 10.9. The molecule has 1 unspecified atom stereocenters. The number of nitrogens with zero attached hydrogens (tertiary/aromatic N) is 4. The number of aldehydes is 1. The topological polar surface area (TPSA) is 57.5 Å². The van der Waals surface area contributed by atoms with Crippen LogP contribution >= 0.6 is 0 Å². The van der Waals surface area contributed by atoms with Crippen LogP contribution in [0.15, 0.2) is 28.6 Å². The van der Waals surface area contributed by atoms with Gasteiger partial charge in [-0.1, -0.05) is 24.3 Å². The summed E-state index contributed by atoms with van der Waals surface area (Å²) >= 11 is 0. The monoisotopic (exact) mass is 248 g/mol. The zero-order valence-corrected chi connectivity index (χ0v) is 10.7. The molecule has 0 aliphatic carbocycles. The standard InChI is InChI=1S/C12H16N4O2/c1-4-9-6-5-7-10(12(9)18-3)16-11(8-17)15(2)13-14-16/h5-8,11H,4H2,1-3H3. The van der Waals surface area contributed by atoms with Crippen LogP contribution in [0.25, 0.3) is 0 Å². The minimum Gasteiger partial charge on any atom is -0.494 e. The van der Waals surface area contributed by atoms with Crippen molar-refractivity contribution >= 4 is 12.0 Å². The Morgan fingerprint density at radius 1 is 1.44 bits per heavy atom. The fraction of sp³-hybridized carbons (Fsp3) is 0.417. The average Bonchev–Trinajstić information content (AvgIpc) is 2.78. The number of rotatable bonds is 4. The van der Waals surface area contributed by atoms with E-state index in [1.165, 1.54) is 5.01 Å². The maximum Gasteiger partial charge on any atom is 0.197 e. The average molecular weight is 248 g/mol. The largest absolute Gasteiger partial charge is 0.494 e. The number of benzene rings is 1. The zero-order valence-electron chi connectivity index (χ0n) is 10.7. The third-order valence-electron chi connectivity index (χ3n) is 2.94. The first-order valence-electron chi connectivity index (χ1n) is 5.77. The lowest BCUT2D eigenvalue weighted by molar-refractivity contribution is -0.111. The van der Waals surface area contributed by atoms with E-state index in [0.717, 1.165) is 29.7 Å². The number of methoxy groups -OCH3 is 1. The summed E-state index contributed by atoms with van der Waals surface area (Å²) in [6.45, 7) is 2.05. The van der Waals surface area contributed by atoms with Crippen LogP contribution in [0.4, 0.5) is 5.69 Å². The van der Waals surface area contributed by atoms with Crippen LogP contribution < -0.4 is 9.75 Å². The van der Waals surface area contributed by atoms with Gasteiger partial charge in [-0.15, -0.1) is 0 Å². The smallest absolute Gasteiger partial charge is 0.197 e. The van der Waals surface area contributed by atoms with Crippen molar-refractivity contribution in [1.29, 1.82) is 0 Å². The predicted molar refractivity (Wildman–Crippen MR) is 67.3 cm³/mol. The number of carbonyl (C=O) groups is 1. The highest BCUT2D eigenvalue weighted by molar-refractivity contribution is 5.70. The molecule has 1 heterocycles. The van der Waals surface area contributed by atoms with E-state index < -0.39 is 6.17 Å². The molecule has 0 saturated carbocycles. The van der Waals surface area contributed by atoms with Crippen molar-refractivity contribution in [3.8, 4) is 5.75 Å². The lowest BCUT2D eigenvalue weighted by atomic mass is 10.1. The Bertz CT molecular complexity index is 475. The van der Waals surface area contributed by atoms with Gasteiger partial charge in [0, 0.05) is 7.05 Å². The first-order valence-corrected chi connectivity index (χ1v) is 5.77. The van der Waals surface area contributed by atoms with E-state index in [2.05, 4.69) is 17.4 Å². The van der Waals surface area contributed by atoms with Crippen LogP contribution in [0, 0.1) is 0 Å². The maximum atomic E-state index is 11.1. The van der Waals surface area contributed by atoms with Gasteiger partial charge >= 0.3 is 0 Å². The Kier molecular flexibility index (Phi) is 3.45. The summed E-state index contributed by atoms with van der Waals surface area (Å²) in [5.41, 5.74) is 1.83. The molecule has 96 valence electrons. The Labute approximate surface area is 106 Å². The first kappa shape index (κ1) is 12.3. The number of anilines is 1. The number of para-hydroxylation sites is 1. The third-order valence-corrected chi connectivity index (χ3v) is 2.94. The molecule has 18 heavy (non-hydrogen) atoms. The van der Waals surface area contributed by atoms with Gasteiger partial charge in [-0.05, 0) is 23.3 Å². The molecule has 1 aromatic rings. The summed E-state index contributed by atoms with van der Waals surface area (Å²) in [6, 6.07) is 5.79. The summed E-state index contributed by atoms with van der Waals surface area (Å²) < 4.78 is 5.43. The van der Waals surface area contributed by atoms with Crippen LogP contribution in [0.1, 0.15) is 12.5 Å². The van der Waals surface area contributed by atoms with Crippen LogP contribution in [-0.2, 0) is 11.2 Å². The molecule has 0 amide bonds. The lowest BCUT2D eigenvalue weighted by Gasteiger charge is -2.23. The van der Waals surface area contributed by atoms with Crippen molar-refractivity contribution in [2.45, 2.75) is 19.5 Å². The van der Waals surface area contributed by atoms with Crippen molar-refractivity contribution < 1.29 is 9.53 Å². The van der Waals surface area contributed by atoms with E-state index in [4.69, 9.17) is 4.74 Å². The van der Waals surface area contributed by atoms with Crippen LogP contribution in [0.5, 0.6) is 5.75 Å².